The number of amides is 1. The van der Waals surface area contributed by atoms with E-state index in [1.807, 2.05) is 44.4 Å². The molecule has 3 rings (SSSR count). The lowest BCUT2D eigenvalue weighted by atomic mass is 9.83. The van der Waals surface area contributed by atoms with Crippen LogP contribution < -0.4 is 5.32 Å². The molecule has 1 aliphatic rings. The van der Waals surface area contributed by atoms with Crippen LogP contribution in [0.15, 0.2) is 46.9 Å². The van der Waals surface area contributed by atoms with Gasteiger partial charge in [-0.05, 0) is 24.1 Å². The van der Waals surface area contributed by atoms with Crippen molar-refractivity contribution >= 4 is 17.8 Å². The fraction of sp³-hybridized carbons (Fsp3) is 0.458. The number of esters is 2. The van der Waals surface area contributed by atoms with Gasteiger partial charge >= 0.3 is 18.1 Å². The van der Waals surface area contributed by atoms with Gasteiger partial charge < -0.3 is 19.0 Å². The van der Waals surface area contributed by atoms with Crippen LogP contribution >= 0.6 is 0 Å². The average Bonchev–Trinajstić information content (AvgIpc) is 3.24. The zero-order chi connectivity index (χ0) is 25.0. The van der Waals surface area contributed by atoms with Crippen molar-refractivity contribution in [3.8, 4) is 0 Å². The summed E-state index contributed by atoms with van der Waals surface area (Å²) in [6.45, 7) is 1.14. The second kappa shape index (κ2) is 10.0. The molecule has 0 aliphatic carbocycles. The van der Waals surface area contributed by atoms with Gasteiger partial charge in [-0.1, -0.05) is 30.3 Å². The fourth-order valence-corrected chi connectivity index (χ4v) is 3.94. The van der Waals surface area contributed by atoms with E-state index < -0.39 is 36.0 Å². The predicted octanol–water partition coefficient (Wildman–Crippen LogP) is 3.43. The molecule has 34 heavy (non-hydrogen) atoms. The van der Waals surface area contributed by atoms with Gasteiger partial charge in [0.1, 0.15) is 5.76 Å². The number of benzene rings is 1. The molecule has 1 amide bonds. The summed E-state index contributed by atoms with van der Waals surface area (Å²) in [5, 5.41) is 2.78. The van der Waals surface area contributed by atoms with Crippen molar-refractivity contribution in [3.63, 3.8) is 0 Å². The Kier molecular flexibility index (Phi) is 7.50. The molecule has 1 aliphatic heterocycles. The molecule has 0 atom stereocenters. The molecule has 0 bridgehead atoms. The monoisotopic (exact) mass is 481 g/mol. The Morgan fingerprint density at radius 2 is 1.68 bits per heavy atom. The number of hydrogen-bond acceptors (Lipinski definition) is 5. The molecule has 2 heterocycles. The first-order valence-corrected chi connectivity index (χ1v) is 11.0. The van der Waals surface area contributed by atoms with Gasteiger partial charge in [0.15, 0.2) is 5.76 Å². The molecule has 0 saturated carbocycles. The van der Waals surface area contributed by atoms with Gasteiger partial charge in [-0.15, -0.1) is 0 Å². The van der Waals surface area contributed by atoms with Crippen molar-refractivity contribution in [1.82, 2.24) is 5.32 Å². The number of piperidine rings is 1. The molecule has 0 unspecified atom stereocenters. The minimum atomic E-state index is -5.28. The summed E-state index contributed by atoms with van der Waals surface area (Å²) in [5.41, 5.74) is -0.0242. The normalized spacial score (nSPS) is 17.1. The van der Waals surface area contributed by atoms with Crippen LogP contribution in [0.5, 0.6) is 0 Å². The molecule has 0 radical (unpaired) electrons. The Morgan fingerprint density at radius 3 is 2.29 bits per heavy atom. The smallest absolute Gasteiger partial charge is 0.456 e. The number of rotatable bonds is 7. The Labute approximate surface area is 195 Å². The number of alkyl halides is 3. The van der Waals surface area contributed by atoms with E-state index >= 15 is 0 Å². The summed E-state index contributed by atoms with van der Waals surface area (Å²) in [7, 11) is 3.95. The van der Waals surface area contributed by atoms with Gasteiger partial charge in [0.25, 0.3) is 5.91 Å². The quantitative estimate of drug-likeness (QED) is 0.372. The summed E-state index contributed by atoms with van der Waals surface area (Å²) in [6, 6.07) is 13.0. The number of hydrogen-bond donors (Lipinski definition) is 1. The molecular formula is C24H28F3N2O5+. The highest BCUT2D eigenvalue weighted by molar-refractivity contribution is 5.93. The molecule has 184 valence electrons. The van der Waals surface area contributed by atoms with Gasteiger partial charge in [-0.3, -0.25) is 9.59 Å². The van der Waals surface area contributed by atoms with Gasteiger partial charge in [-0.25, -0.2) is 4.79 Å². The minimum Gasteiger partial charge on any atom is -0.456 e. The zero-order valence-electron chi connectivity index (χ0n) is 19.1. The molecule has 0 spiro atoms. The molecule has 1 N–H and O–H groups in total. The number of ether oxygens (including phenoxy) is 1. The van der Waals surface area contributed by atoms with Crippen LogP contribution in [0.4, 0.5) is 13.2 Å². The Bertz CT molecular complexity index is 1020. The number of quaternary nitrogens is 1. The van der Waals surface area contributed by atoms with Crippen LogP contribution in [0.3, 0.4) is 0 Å². The van der Waals surface area contributed by atoms with Crippen LogP contribution in [0, 0.1) is 0 Å². The largest absolute Gasteiger partial charge is 0.491 e. The van der Waals surface area contributed by atoms with Gasteiger partial charge in [0, 0.05) is 19.3 Å². The van der Waals surface area contributed by atoms with E-state index in [0.29, 0.717) is 42.6 Å². The van der Waals surface area contributed by atoms with Gasteiger partial charge in [-0.2, -0.15) is 13.2 Å². The number of likely N-dealkylation sites (tertiary alicyclic amines) is 1. The molecule has 2 aromatic rings. The molecule has 1 aromatic carbocycles. The van der Waals surface area contributed by atoms with E-state index in [-0.39, 0.29) is 5.76 Å². The topological polar surface area (TPSA) is 85.6 Å². The number of nitrogens with zero attached hydrogens (tertiary/aromatic N) is 1. The lowest BCUT2D eigenvalue weighted by molar-refractivity contribution is -0.896. The molecular weight excluding hydrogens is 453 g/mol. The van der Waals surface area contributed by atoms with E-state index in [9.17, 15) is 27.6 Å². The third-order valence-electron chi connectivity index (χ3n) is 6.08. The summed E-state index contributed by atoms with van der Waals surface area (Å²) in [4.78, 5) is 36.1. The van der Waals surface area contributed by atoms with Crippen molar-refractivity contribution in [2.45, 2.75) is 43.8 Å². The molecule has 1 saturated heterocycles. The van der Waals surface area contributed by atoms with E-state index in [0.717, 1.165) is 12.0 Å². The number of aryl methyl sites for hydroxylation is 2. The maximum Gasteiger partial charge on any atom is 0.491 e. The van der Waals surface area contributed by atoms with Crippen molar-refractivity contribution in [3.05, 3.63) is 59.5 Å². The number of nitrogens with one attached hydrogen (secondary N) is 1. The van der Waals surface area contributed by atoms with E-state index in [1.165, 1.54) is 6.07 Å². The van der Waals surface area contributed by atoms with Crippen LogP contribution in [-0.2, 0) is 27.2 Å². The number of furan rings is 1. The van der Waals surface area contributed by atoms with E-state index in [1.54, 1.807) is 6.07 Å². The lowest BCUT2D eigenvalue weighted by Crippen LogP contribution is -2.60. The van der Waals surface area contributed by atoms with Crippen molar-refractivity contribution < 1.29 is 41.2 Å². The second-order valence-corrected chi connectivity index (χ2v) is 9.31. The summed E-state index contributed by atoms with van der Waals surface area (Å²) in [5.74, 6) is -3.83. The van der Waals surface area contributed by atoms with Crippen molar-refractivity contribution in [1.29, 1.82) is 0 Å². The van der Waals surface area contributed by atoms with Crippen LogP contribution in [0.2, 0.25) is 0 Å². The van der Waals surface area contributed by atoms with Crippen molar-refractivity contribution in [2.75, 3.05) is 27.2 Å². The highest BCUT2D eigenvalue weighted by Crippen LogP contribution is 2.30. The van der Waals surface area contributed by atoms with E-state index in [2.05, 4.69) is 10.1 Å². The second-order valence-electron chi connectivity index (χ2n) is 9.31. The Hall–Kier alpha value is -3.14. The van der Waals surface area contributed by atoms with Crippen LogP contribution in [-0.4, -0.2) is 61.2 Å². The first-order valence-electron chi connectivity index (χ1n) is 11.0. The number of halogens is 3. The Morgan fingerprint density at radius 1 is 1.03 bits per heavy atom. The summed E-state index contributed by atoms with van der Waals surface area (Å²) in [6.07, 6.45) is -3.87. The van der Waals surface area contributed by atoms with Crippen LogP contribution in [0.1, 0.15) is 41.1 Å². The van der Waals surface area contributed by atoms with E-state index in [4.69, 9.17) is 4.42 Å². The van der Waals surface area contributed by atoms with Gasteiger partial charge in [0.05, 0.1) is 39.1 Å². The number of carbonyl (C=O) groups is 3. The fourth-order valence-electron chi connectivity index (χ4n) is 3.94. The number of carbonyl (C=O) groups excluding carboxylic acids is 3. The highest BCUT2D eigenvalue weighted by Gasteiger charge is 2.46. The zero-order valence-corrected chi connectivity index (χ0v) is 19.1. The maximum absolute atomic E-state index is 12.9. The first kappa shape index (κ1) is 25.5. The standard InChI is InChI=1S/C24H27F3N2O5/c1-29(2)14-12-23(13-15-29,16-20(30)34-22(32)24(25,26)27)28-21(31)19-11-10-18(33-19)9-8-17-6-4-3-5-7-17/h3-7,10-11H,8-9,12-16H2,1-2H3/p+1. The minimum absolute atomic E-state index is 0.0431. The lowest BCUT2D eigenvalue weighted by Gasteiger charge is -2.44. The first-order chi connectivity index (χ1) is 15.9. The Balaban J connectivity index is 1.67. The summed E-state index contributed by atoms with van der Waals surface area (Å²) < 4.78 is 47.7. The third kappa shape index (κ3) is 6.93. The highest BCUT2D eigenvalue weighted by atomic mass is 19.4. The summed E-state index contributed by atoms with van der Waals surface area (Å²) >= 11 is 0. The molecule has 10 heteroatoms. The SMILES string of the molecule is C[N+]1(C)CCC(CC(=O)OC(=O)C(F)(F)F)(NC(=O)c2ccc(CCc3ccccc3)o2)CC1. The maximum atomic E-state index is 12.9. The predicted molar refractivity (Wildman–Crippen MR) is 116 cm³/mol. The van der Waals surface area contributed by atoms with Crippen LogP contribution in [0.25, 0.3) is 0 Å². The van der Waals surface area contributed by atoms with Crippen molar-refractivity contribution in [2.24, 2.45) is 0 Å². The molecule has 1 aromatic heterocycles. The molecule has 1 fully saturated rings. The average molecular weight is 481 g/mol. The third-order valence-corrected chi connectivity index (χ3v) is 6.08. The molecule has 7 nitrogen and oxygen atoms in total. The van der Waals surface area contributed by atoms with Gasteiger partial charge in [0.2, 0.25) is 0 Å².